The highest BCUT2D eigenvalue weighted by Crippen LogP contribution is 2.28. The molecular weight excluding hydrogens is 206 g/mol. The van der Waals surface area contributed by atoms with Crippen molar-refractivity contribution in [3.05, 3.63) is 0 Å². The molecule has 92 valence electrons. The van der Waals surface area contributed by atoms with Crippen LogP contribution in [-0.4, -0.2) is 42.9 Å². The summed E-state index contributed by atoms with van der Waals surface area (Å²) in [5, 5.41) is 0. The second-order valence-corrected chi connectivity index (χ2v) is 5.15. The molecule has 1 fully saturated rings. The highest BCUT2D eigenvalue weighted by atomic mass is 16.5. The van der Waals surface area contributed by atoms with E-state index in [1.54, 1.807) is 6.92 Å². The molecule has 1 aliphatic heterocycles. The molecule has 16 heavy (non-hydrogen) atoms. The minimum Gasteiger partial charge on any atom is -0.466 e. The Labute approximate surface area is 96.9 Å². The minimum absolute atomic E-state index is 0.0452. The number of ether oxygens (including phenoxy) is 1. The van der Waals surface area contributed by atoms with E-state index in [-0.39, 0.29) is 12.2 Å². The molecule has 1 aliphatic rings. The van der Waals surface area contributed by atoms with Gasteiger partial charge in [0, 0.05) is 6.54 Å². The Morgan fingerprint density at radius 1 is 1.38 bits per heavy atom. The van der Waals surface area contributed by atoms with Crippen molar-refractivity contribution in [1.82, 2.24) is 4.90 Å². The van der Waals surface area contributed by atoms with Crippen molar-refractivity contribution in [2.45, 2.75) is 33.6 Å². The summed E-state index contributed by atoms with van der Waals surface area (Å²) in [5.74, 6) is -0.456. The Morgan fingerprint density at radius 3 is 2.56 bits per heavy atom. The van der Waals surface area contributed by atoms with Gasteiger partial charge in [-0.05, 0) is 25.3 Å². The second kappa shape index (κ2) is 5.43. The smallest absolute Gasteiger partial charge is 0.313 e. The first kappa shape index (κ1) is 13.2. The van der Waals surface area contributed by atoms with Gasteiger partial charge in [0.2, 0.25) is 0 Å². The monoisotopic (exact) mass is 227 g/mol. The number of carbonyl (C=O) groups excluding carboxylic acids is 2. The van der Waals surface area contributed by atoms with Gasteiger partial charge in [0.1, 0.15) is 6.42 Å². The van der Waals surface area contributed by atoms with E-state index in [9.17, 15) is 9.59 Å². The fourth-order valence-electron chi connectivity index (χ4n) is 2.04. The maximum absolute atomic E-state index is 11.6. The molecule has 0 saturated carbocycles. The third-order valence-electron chi connectivity index (χ3n) is 2.80. The first-order valence-electron chi connectivity index (χ1n) is 5.82. The van der Waals surface area contributed by atoms with Gasteiger partial charge in [0.15, 0.2) is 5.78 Å². The van der Waals surface area contributed by atoms with Crippen LogP contribution in [0.1, 0.15) is 33.6 Å². The van der Waals surface area contributed by atoms with Crippen molar-refractivity contribution >= 4 is 11.8 Å². The molecule has 4 heteroatoms. The van der Waals surface area contributed by atoms with Crippen LogP contribution in [0.4, 0.5) is 0 Å². The summed E-state index contributed by atoms with van der Waals surface area (Å²) in [6, 6.07) is 0. The lowest BCUT2D eigenvalue weighted by Gasteiger charge is -2.18. The summed E-state index contributed by atoms with van der Waals surface area (Å²) in [4.78, 5) is 24.8. The Balaban J connectivity index is 2.28. The van der Waals surface area contributed by atoms with Crippen LogP contribution >= 0.6 is 0 Å². The number of esters is 1. The van der Waals surface area contributed by atoms with E-state index in [2.05, 4.69) is 18.7 Å². The van der Waals surface area contributed by atoms with Crippen molar-refractivity contribution < 1.29 is 14.3 Å². The zero-order chi connectivity index (χ0) is 12.2. The molecule has 4 nitrogen and oxygen atoms in total. The normalized spacial score (nSPS) is 19.7. The number of likely N-dealkylation sites (tertiary alicyclic amines) is 1. The molecule has 0 unspecified atom stereocenters. The van der Waals surface area contributed by atoms with E-state index in [1.807, 2.05) is 0 Å². The van der Waals surface area contributed by atoms with Crippen LogP contribution in [0, 0.1) is 5.41 Å². The van der Waals surface area contributed by atoms with Gasteiger partial charge in [0.05, 0.1) is 13.2 Å². The number of rotatable bonds is 5. The van der Waals surface area contributed by atoms with Gasteiger partial charge in [-0.3, -0.25) is 14.5 Å². The van der Waals surface area contributed by atoms with Gasteiger partial charge in [-0.25, -0.2) is 0 Å². The number of Topliss-reactive ketones (excluding diaryl/α,β-unsaturated/α-hetero) is 1. The average Bonchev–Trinajstić information content (AvgIpc) is 2.45. The van der Waals surface area contributed by atoms with Crippen LogP contribution in [0.3, 0.4) is 0 Å². The van der Waals surface area contributed by atoms with Gasteiger partial charge < -0.3 is 4.74 Å². The third-order valence-corrected chi connectivity index (χ3v) is 2.80. The maximum Gasteiger partial charge on any atom is 0.313 e. The van der Waals surface area contributed by atoms with Gasteiger partial charge in [0.25, 0.3) is 0 Å². The molecule has 0 aromatic rings. The summed E-state index contributed by atoms with van der Waals surface area (Å²) in [6.07, 6.45) is 1.02. The van der Waals surface area contributed by atoms with E-state index in [0.717, 1.165) is 19.5 Å². The topological polar surface area (TPSA) is 46.6 Å². The van der Waals surface area contributed by atoms with E-state index >= 15 is 0 Å². The highest BCUT2D eigenvalue weighted by Gasteiger charge is 2.30. The Hall–Kier alpha value is -0.900. The molecule has 0 aliphatic carbocycles. The number of ketones is 1. The molecule has 0 atom stereocenters. The van der Waals surface area contributed by atoms with Crippen molar-refractivity contribution in [3.8, 4) is 0 Å². The molecule has 0 spiro atoms. The van der Waals surface area contributed by atoms with Crippen molar-refractivity contribution in [1.29, 1.82) is 0 Å². The van der Waals surface area contributed by atoms with Gasteiger partial charge in [-0.1, -0.05) is 13.8 Å². The summed E-state index contributed by atoms with van der Waals surface area (Å²) >= 11 is 0. The van der Waals surface area contributed by atoms with Crippen LogP contribution in [-0.2, 0) is 14.3 Å². The largest absolute Gasteiger partial charge is 0.466 e. The fourth-order valence-corrected chi connectivity index (χ4v) is 2.04. The Morgan fingerprint density at radius 2 is 2.06 bits per heavy atom. The lowest BCUT2D eigenvalue weighted by molar-refractivity contribution is -0.145. The van der Waals surface area contributed by atoms with E-state index in [4.69, 9.17) is 4.74 Å². The number of hydrogen-bond donors (Lipinski definition) is 0. The number of nitrogens with zero attached hydrogens (tertiary/aromatic N) is 1. The molecule has 0 bridgehead atoms. The lowest BCUT2D eigenvalue weighted by Crippen LogP contribution is -2.30. The Bertz CT molecular complexity index is 273. The number of hydrogen-bond acceptors (Lipinski definition) is 4. The zero-order valence-corrected chi connectivity index (χ0v) is 10.4. The maximum atomic E-state index is 11.6. The lowest BCUT2D eigenvalue weighted by atomic mass is 9.93. The van der Waals surface area contributed by atoms with Gasteiger partial charge >= 0.3 is 5.97 Å². The van der Waals surface area contributed by atoms with Crippen LogP contribution in [0.5, 0.6) is 0 Å². The Kier molecular flexibility index (Phi) is 4.47. The SMILES string of the molecule is CCOC(=O)CC(=O)CN1CCC(C)(C)C1. The minimum atomic E-state index is -0.411. The molecule has 1 rings (SSSR count). The van der Waals surface area contributed by atoms with Crippen LogP contribution < -0.4 is 0 Å². The molecule has 0 aromatic carbocycles. The van der Waals surface area contributed by atoms with Gasteiger partial charge in [-0.15, -0.1) is 0 Å². The standard InChI is InChI=1S/C12H21NO3/c1-4-16-11(15)7-10(14)8-13-6-5-12(2,3)9-13/h4-9H2,1-3H3. The van der Waals surface area contributed by atoms with Crippen LogP contribution in [0.2, 0.25) is 0 Å². The first-order valence-corrected chi connectivity index (χ1v) is 5.82. The summed E-state index contributed by atoms with van der Waals surface area (Å²) < 4.78 is 4.74. The highest BCUT2D eigenvalue weighted by molar-refractivity contribution is 5.96. The zero-order valence-electron chi connectivity index (χ0n) is 10.4. The number of carbonyl (C=O) groups is 2. The van der Waals surface area contributed by atoms with E-state index < -0.39 is 5.97 Å². The van der Waals surface area contributed by atoms with Crippen molar-refractivity contribution in [3.63, 3.8) is 0 Å². The fraction of sp³-hybridized carbons (Fsp3) is 0.833. The second-order valence-electron chi connectivity index (χ2n) is 5.15. The summed E-state index contributed by atoms with van der Waals surface area (Å²) in [7, 11) is 0. The predicted octanol–water partition coefficient (Wildman–Crippen LogP) is 1.24. The van der Waals surface area contributed by atoms with Crippen molar-refractivity contribution in [2.75, 3.05) is 26.2 Å². The predicted molar refractivity (Wildman–Crippen MR) is 61.1 cm³/mol. The molecular formula is C12H21NO3. The van der Waals surface area contributed by atoms with E-state index in [1.165, 1.54) is 0 Å². The molecule has 0 radical (unpaired) electrons. The third kappa shape index (κ3) is 4.31. The van der Waals surface area contributed by atoms with Crippen molar-refractivity contribution in [2.24, 2.45) is 5.41 Å². The molecule has 1 heterocycles. The van der Waals surface area contributed by atoms with Gasteiger partial charge in [-0.2, -0.15) is 0 Å². The van der Waals surface area contributed by atoms with E-state index in [0.29, 0.717) is 18.6 Å². The molecule has 1 saturated heterocycles. The van der Waals surface area contributed by atoms with Crippen LogP contribution in [0.25, 0.3) is 0 Å². The molecule has 0 aromatic heterocycles. The summed E-state index contributed by atoms with van der Waals surface area (Å²) in [5.41, 5.74) is 0.296. The molecule has 0 N–H and O–H groups in total. The summed E-state index contributed by atoms with van der Waals surface area (Å²) in [6.45, 7) is 8.73. The first-order chi connectivity index (χ1) is 7.43. The average molecular weight is 227 g/mol. The molecule has 0 amide bonds. The quantitative estimate of drug-likeness (QED) is 0.523. The van der Waals surface area contributed by atoms with Crippen LogP contribution in [0.15, 0.2) is 0 Å².